The van der Waals surface area contributed by atoms with Crippen LogP contribution in [0.25, 0.3) is 0 Å². The number of benzene rings is 1. The predicted molar refractivity (Wildman–Crippen MR) is 73.6 cm³/mol. The zero-order valence-corrected chi connectivity index (χ0v) is 11.1. The molecule has 0 saturated carbocycles. The van der Waals surface area contributed by atoms with E-state index in [1.165, 1.54) is 11.3 Å². The second-order valence-corrected chi connectivity index (χ2v) is 4.89. The van der Waals surface area contributed by atoms with E-state index in [-0.39, 0.29) is 11.9 Å². The van der Waals surface area contributed by atoms with Crippen molar-refractivity contribution in [3.63, 3.8) is 0 Å². The number of hydrogen-bond donors (Lipinski definition) is 1. The predicted octanol–water partition coefficient (Wildman–Crippen LogP) is 0.991. The van der Waals surface area contributed by atoms with Gasteiger partial charge >= 0.3 is 0 Å². The molecule has 98 valence electrons. The Morgan fingerprint density at radius 1 is 1.22 bits per heavy atom. The van der Waals surface area contributed by atoms with Gasteiger partial charge in [-0.15, -0.1) is 0 Å². The lowest BCUT2D eigenvalue weighted by Crippen LogP contribution is -2.53. The van der Waals surface area contributed by atoms with E-state index in [0.29, 0.717) is 0 Å². The number of nitrogens with two attached hydrogens (primary N) is 1. The zero-order chi connectivity index (χ0) is 13.1. The zero-order valence-electron chi connectivity index (χ0n) is 11.1. The number of amides is 1. The highest BCUT2D eigenvalue weighted by Gasteiger charge is 2.24. The first-order valence-electron chi connectivity index (χ1n) is 6.43. The van der Waals surface area contributed by atoms with E-state index < -0.39 is 0 Å². The summed E-state index contributed by atoms with van der Waals surface area (Å²) in [6.07, 6.45) is 0. The van der Waals surface area contributed by atoms with Gasteiger partial charge in [0.1, 0.15) is 0 Å². The number of anilines is 1. The molecule has 0 aromatic heterocycles. The fraction of sp³-hybridized carbons (Fsp3) is 0.500. The minimum Gasteiger partial charge on any atom is -0.369 e. The van der Waals surface area contributed by atoms with Crippen molar-refractivity contribution in [1.82, 2.24) is 4.90 Å². The fourth-order valence-electron chi connectivity index (χ4n) is 2.45. The fourth-order valence-corrected chi connectivity index (χ4v) is 2.45. The van der Waals surface area contributed by atoms with E-state index in [2.05, 4.69) is 41.0 Å². The SMILES string of the molecule is Cc1ccccc1N1CCN([C@H](C)C(N)=O)CC1. The van der Waals surface area contributed by atoms with Crippen LogP contribution in [0.2, 0.25) is 0 Å². The molecule has 1 heterocycles. The van der Waals surface area contributed by atoms with Crippen molar-refractivity contribution >= 4 is 11.6 Å². The van der Waals surface area contributed by atoms with E-state index in [0.717, 1.165) is 26.2 Å². The highest BCUT2D eigenvalue weighted by Crippen LogP contribution is 2.21. The van der Waals surface area contributed by atoms with Crippen LogP contribution in [0.15, 0.2) is 24.3 Å². The second-order valence-electron chi connectivity index (χ2n) is 4.89. The van der Waals surface area contributed by atoms with Crippen LogP contribution < -0.4 is 10.6 Å². The number of piperazine rings is 1. The maximum atomic E-state index is 11.2. The molecule has 1 atom stereocenters. The van der Waals surface area contributed by atoms with Gasteiger partial charge in [-0.2, -0.15) is 0 Å². The van der Waals surface area contributed by atoms with Crippen LogP contribution in [0.3, 0.4) is 0 Å². The summed E-state index contributed by atoms with van der Waals surface area (Å²) in [5, 5.41) is 0. The minimum absolute atomic E-state index is 0.163. The molecule has 1 amide bonds. The van der Waals surface area contributed by atoms with Crippen molar-refractivity contribution in [1.29, 1.82) is 0 Å². The van der Waals surface area contributed by atoms with E-state index in [9.17, 15) is 4.79 Å². The maximum Gasteiger partial charge on any atom is 0.234 e. The number of aryl methyl sites for hydroxylation is 1. The third kappa shape index (κ3) is 2.64. The number of nitrogens with zero attached hydrogens (tertiary/aromatic N) is 2. The smallest absolute Gasteiger partial charge is 0.234 e. The Hall–Kier alpha value is -1.55. The highest BCUT2D eigenvalue weighted by atomic mass is 16.1. The summed E-state index contributed by atoms with van der Waals surface area (Å²) in [7, 11) is 0. The number of carbonyl (C=O) groups is 1. The van der Waals surface area contributed by atoms with Crippen LogP contribution in [-0.2, 0) is 4.79 Å². The van der Waals surface area contributed by atoms with Crippen molar-refractivity contribution in [3.8, 4) is 0 Å². The maximum absolute atomic E-state index is 11.2. The highest BCUT2D eigenvalue weighted by molar-refractivity contribution is 5.79. The van der Waals surface area contributed by atoms with Gasteiger partial charge in [-0.3, -0.25) is 9.69 Å². The number of primary amides is 1. The Morgan fingerprint density at radius 3 is 2.39 bits per heavy atom. The summed E-state index contributed by atoms with van der Waals surface area (Å²) >= 11 is 0. The van der Waals surface area contributed by atoms with Gasteiger partial charge in [0.2, 0.25) is 5.91 Å². The topological polar surface area (TPSA) is 49.6 Å². The van der Waals surface area contributed by atoms with Crippen molar-refractivity contribution < 1.29 is 4.79 Å². The molecule has 0 bridgehead atoms. The molecule has 1 aromatic rings. The first-order chi connectivity index (χ1) is 8.59. The molecule has 0 radical (unpaired) electrons. The van der Waals surface area contributed by atoms with E-state index in [1.807, 2.05) is 6.92 Å². The molecule has 1 aliphatic rings. The summed E-state index contributed by atoms with van der Waals surface area (Å²) in [6.45, 7) is 7.68. The first kappa shape index (κ1) is 12.9. The first-order valence-corrected chi connectivity index (χ1v) is 6.43. The van der Waals surface area contributed by atoms with Gasteiger partial charge in [0.05, 0.1) is 6.04 Å². The van der Waals surface area contributed by atoms with E-state index in [1.54, 1.807) is 0 Å². The van der Waals surface area contributed by atoms with Gasteiger partial charge < -0.3 is 10.6 Å². The van der Waals surface area contributed by atoms with Gasteiger partial charge in [0, 0.05) is 31.9 Å². The Kier molecular flexibility index (Phi) is 3.87. The number of hydrogen-bond acceptors (Lipinski definition) is 3. The minimum atomic E-state index is -0.237. The molecular weight excluding hydrogens is 226 g/mol. The molecule has 0 aliphatic carbocycles. The van der Waals surface area contributed by atoms with Crippen LogP contribution in [0.1, 0.15) is 12.5 Å². The standard InChI is InChI=1S/C14H21N3O/c1-11-5-3-4-6-13(11)17-9-7-16(8-10-17)12(2)14(15)18/h3-6,12H,7-10H2,1-2H3,(H2,15,18)/t12-/m1/s1. The molecule has 4 nitrogen and oxygen atoms in total. The summed E-state index contributed by atoms with van der Waals surface area (Å²) in [5.41, 5.74) is 7.94. The molecule has 0 spiro atoms. The largest absolute Gasteiger partial charge is 0.369 e. The van der Waals surface area contributed by atoms with Crippen LogP contribution >= 0.6 is 0 Å². The normalized spacial score (nSPS) is 18.7. The van der Waals surface area contributed by atoms with E-state index >= 15 is 0 Å². The van der Waals surface area contributed by atoms with Gasteiger partial charge in [0.15, 0.2) is 0 Å². The lowest BCUT2D eigenvalue weighted by atomic mass is 10.1. The molecule has 4 heteroatoms. The third-order valence-corrected chi connectivity index (χ3v) is 3.73. The quantitative estimate of drug-likeness (QED) is 0.866. The Labute approximate surface area is 108 Å². The monoisotopic (exact) mass is 247 g/mol. The summed E-state index contributed by atoms with van der Waals surface area (Å²) in [5.74, 6) is -0.237. The molecule has 2 rings (SSSR count). The van der Waals surface area contributed by atoms with Crippen molar-refractivity contribution in [3.05, 3.63) is 29.8 Å². The molecule has 1 fully saturated rings. The van der Waals surface area contributed by atoms with Crippen molar-refractivity contribution in [2.75, 3.05) is 31.1 Å². The lowest BCUT2D eigenvalue weighted by molar-refractivity contribution is -0.122. The summed E-state index contributed by atoms with van der Waals surface area (Å²) in [6, 6.07) is 8.25. The third-order valence-electron chi connectivity index (χ3n) is 3.73. The summed E-state index contributed by atoms with van der Waals surface area (Å²) in [4.78, 5) is 15.7. The van der Waals surface area contributed by atoms with Crippen LogP contribution in [-0.4, -0.2) is 43.0 Å². The van der Waals surface area contributed by atoms with Gasteiger partial charge in [-0.1, -0.05) is 18.2 Å². The Bertz CT molecular complexity index is 425. The molecular formula is C14H21N3O. The molecule has 2 N–H and O–H groups in total. The molecule has 0 unspecified atom stereocenters. The molecule has 1 aliphatic heterocycles. The van der Waals surface area contributed by atoms with Gasteiger partial charge in [0.25, 0.3) is 0 Å². The van der Waals surface area contributed by atoms with Gasteiger partial charge in [-0.05, 0) is 25.5 Å². The van der Waals surface area contributed by atoms with E-state index in [4.69, 9.17) is 5.73 Å². The van der Waals surface area contributed by atoms with Gasteiger partial charge in [-0.25, -0.2) is 0 Å². The second kappa shape index (κ2) is 5.40. The molecule has 18 heavy (non-hydrogen) atoms. The molecule has 1 saturated heterocycles. The van der Waals surface area contributed by atoms with Crippen LogP contribution in [0, 0.1) is 6.92 Å². The molecule has 1 aromatic carbocycles. The lowest BCUT2D eigenvalue weighted by Gasteiger charge is -2.38. The summed E-state index contributed by atoms with van der Waals surface area (Å²) < 4.78 is 0. The average Bonchev–Trinajstić information content (AvgIpc) is 2.38. The number of para-hydroxylation sites is 1. The number of carbonyl (C=O) groups excluding carboxylic acids is 1. The average molecular weight is 247 g/mol. The number of rotatable bonds is 3. The van der Waals surface area contributed by atoms with Crippen LogP contribution in [0.5, 0.6) is 0 Å². The van der Waals surface area contributed by atoms with Crippen molar-refractivity contribution in [2.45, 2.75) is 19.9 Å². The Morgan fingerprint density at radius 2 is 1.83 bits per heavy atom. The Balaban J connectivity index is 1.99. The van der Waals surface area contributed by atoms with Crippen LogP contribution in [0.4, 0.5) is 5.69 Å². The van der Waals surface area contributed by atoms with Crippen molar-refractivity contribution in [2.24, 2.45) is 5.73 Å².